The average molecular weight is 489 g/mol. The van der Waals surface area contributed by atoms with Gasteiger partial charge in [-0.3, -0.25) is 9.59 Å². The zero-order valence-electron chi connectivity index (χ0n) is 20.2. The lowest BCUT2D eigenvalue weighted by Crippen LogP contribution is -2.45. The molecule has 0 aromatic heterocycles. The van der Waals surface area contributed by atoms with Gasteiger partial charge in [0.25, 0.3) is 11.8 Å². The molecule has 3 rings (SSSR count). The van der Waals surface area contributed by atoms with Gasteiger partial charge in [-0.1, -0.05) is 80.6 Å². The fraction of sp³-hybridized carbons (Fsp3) is 0.207. The molecule has 0 aliphatic heterocycles. The van der Waals surface area contributed by atoms with E-state index < -0.39 is 29.6 Å². The minimum atomic E-state index is -0.959. The summed E-state index contributed by atoms with van der Waals surface area (Å²) in [4.78, 5) is 38.9. The molecule has 186 valence electrons. The molecule has 2 amide bonds. The van der Waals surface area contributed by atoms with E-state index in [4.69, 9.17) is 4.74 Å². The van der Waals surface area contributed by atoms with Crippen molar-refractivity contribution in [3.8, 4) is 0 Å². The van der Waals surface area contributed by atoms with Crippen LogP contribution in [0.2, 0.25) is 0 Å². The normalized spacial score (nSPS) is 12.1. The Bertz CT molecular complexity index is 1210. The molecule has 2 N–H and O–H groups in total. The second kappa shape index (κ2) is 13.0. The second-order valence-corrected chi connectivity index (χ2v) is 8.65. The number of carbonyl (C=O) groups excluding carboxylic acids is 3. The fourth-order valence-electron chi connectivity index (χ4n) is 3.44. The van der Waals surface area contributed by atoms with Crippen molar-refractivity contribution in [2.24, 2.45) is 5.92 Å². The predicted octanol–water partition coefficient (Wildman–Crippen LogP) is 4.87. The maximum atomic E-state index is 14.3. The molecule has 0 radical (unpaired) electrons. The van der Waals surface area contributed by atoms with Gasteiger partial charge < -0.3 is 15.4 Å². The van der Waals surface area contributed by atoms with E-state index in [-0.39, 0.29) is 23.8 Å². The maximum Gasteiger partial charge on any atom is 0.328 e. The lowest BCUT2D eigenvalue weighted by molar-refractivity contribution is -0.149. The highest BCUT2D eigenvalue weighted by molar-refractivity contribution is 6.06. The number of nitrogens with one attached hydrogen (secondary N) is 2. The molecule has 0 saturated carbocycles. The average Bonchev–Trinajstić information content (AvgIpc) is 2.88. The van der Waals surface area contributed by atoms with Crippen molar-refractivity contribution in [3.63, 3.8) is 0 Å². The molecule has 7 heteroatoms. The van der Waals surface area contributed by atoms with Gasteiger partial charge in [-0.2, -0.15) is 0 Å². The molecule has 0 unspecified atom stereocenters. The van der Waals surface area contributed by atoms with Crippen LogP contribution in [0, 0.1) is 11.7 Å². The fourth-order valence-corrected chi connectivity index (χ4v) is 3.44. The quantitative estimate of drug-likeness (QED) is 0.315. The van der Waals surface area contributed by atoms with Crippen LogP contribution in [0.1, 0.15) is 41.8 Å². The first-order valence-corrected chi connectivity index (χ1v) is 11.7. The van der Waals surface area contributed by atoms with E-state index in [9.17, 15) is 18.8 Å². The molecule has 0 saturated heterocycles. The largest absolute Gasteiger partial charge is 0.459 e. The zero-order chi connectivity index (χ0) is 25.9. The number of halogens is 1. The number of rotatable bonds is 10. The molecule has 6 nitrogen and oxygen atoms in total. The van der Waals surface area contributed by atoms with Crippen LogP contribution in [0.5, 0.6) is 0 Å². The Labute approximate surface area is 210 Å². The van der Waals surface area contributed by atoms with Crippen LogP contribution in [0.4, 0.5) is 4.39 Å². The number of amides is 2. The van der Waals surface area contributed by atoms with Gasteiger partial charge in [0.2, 0.25) is 0 Å². The van der Waals surface area contributed by atoms with Gasteiger partial charge in [-0.25, -0.2) is 9.18 Å². The van der Waals surface area contributed by atoms with E-state index >= 15 is 0 Å². The molecule has 36 heavy (non-hydrogen) atoms. The van der Waals surface area contributed by atoms with Gasteiger partial charge >= 0.3 is 5.97 Å². The minimum Gasteiger partial charge on any atom is -0.459 e. The van der Waals surface area contributed by atoms with Crippen LogP contribution in [0.25, 0.3) is 6.08 Å². The lowest BCUT2D eigenvalue weighted by atomic mass is 10.0. The van der Waals surface area contributed by atoms with Crippen molar-refractivity contribution in [3.05, 3.63) is 113 Å². The molecular formula is C29H29FN2O4. The molecule has 0 aliphatic carbocycles. The number of hydrogen-bond donors (Lipinski definition) is 2. The van der Waals surface area contributed by atoms with Gasteiger partial charge in [-0.05, 0) is 42.2 Å². The van der Waals surface area contributed by atoms with Crippen molar-refractivity contribution in [1.82, 2.24) is 10.6 Å². The lowest BCUT2D eigenvalue weighted by Gasteiger charge is -2.20. The van der Waals surface area contributed by atoms with Crippen LogP contribution >= 0.6 is 0 Å². The summed E-state index contributed by atoms with van der Waals surface area (Å²) in [5, 5.41) is 5.22. The summed E-state index contributed by atoms with van der Waals surface area (Å²) in [7, 11) is 0. The highest BCUT2D eigenvalue weighted by atomic mass is 19.1. The number of hydrogen-bond acceptors (Lipinski definition) is 4. The summed E-state index contributed by atoms with van der Waals surface area (Å²) < 4.78 is 19.8. The summed E-state index contributed by atoms with van der Waals surface area (Å²) in [6, 6.07) is 22.5. The summed E-state index contributed by atoms with van der Waals surface area (Å²) in [5.74, 6) is -2.36. The van der Waals surface area contributed by atoms with E-state index in [0.717, 1.165) is 5.56 Å². The third-order valence-electron chi connectivity index (χ3n) is 5.25. The van der Waals surface area contributed by atoms with E-state index in [2.05, 4.69) is 10.6 Å². The van der Waals surface area contributed by atoms with Gasteiger partial charge in [0.05, 0.1) is 0 Å². The Balaban J connectivity index is 1.82. The summed E-state index contributed by atoms with van der Waals surface area (Å²) in [6.07, 6.45) is 1.56. The first-order chi connectivity index (χ1) is 17.3. The second-order valence-electron chi connectivity index (χ2n) is 8.65. The molecule has 0 bridgehead atoms. The standard InChI is InChI=1S/C29H29FN2O4/c1-20(2)17-26(29(35)36-19-21-11-5-3-6-12-21)32-28(34)25(18-23-15-9-10-16-24(23)30)31-27(33)22-13-7-4-8-14-22/h3-16,18,20,26H,17,19H2,1-2H3,(H,31,33)(H,32,34)/b25-18+/t26-/m1/s1. The van der Waals surface area contributed by atoms with Crippen LogP contribution in [-0.2, 0) is 20.9 Å². The van der Waals surface area contributed by atoms with Crippen LogP contribution in [-0.4, -0.2) is 23.8 Å². The third-order valence-corrected chi connectivity index (χ3v) is 5.25. The molecule has 0 spiro atoms. The topological polar surface area (TPSA) is 84.5 Å². The molecular weight excluding hydrogens is 459 g/mol. The van der Waals surface area contributed by atoms with Gasteiger partial charge in [0, 0.05) is 11.1 Å². The molecule has 1 atom stereocenters. The molecule has 3 aromatic carbocycles. The van der Waals surface area contributed by atoms with E-state index in [1.807, 2.05) is 44.2 Å². The smallest absolute Gasteiger partial charge is 0.328 e. The molecule has 0 fully saturated rings. The summed E-state index contributed by atoms with van der Waals surface area (Å²) in [5.41, 5.74) is 1.06. The molecule has 3 aromatic rings. The summed E-state index contributed by atoms with van der Waals surface area (Å²) in [6.45, 7) is 3.89. The van der Waals surface area contributed by atoms with Crippen LogP contribution in [0.15, 0.2) is 90.6 Å². The highest BCUT2D eigenvalue weighted by Crippen LogP contribution is 2.14. The SMILES string of the molecule is CC(C)C[C@@H](NC(=O)/C(=C\c1ccccc1F)NC(=O)c1ccccc1)C(=O)OCc1ccccc1. The van der Waals surface area contributed by atoms with E-state index in [0.29, 0.717) is 12.0 Å². The molecule has 0 aliphatic rings. The minimum absolute atomic E-state index is 0.0623. The first-order valence-electron chi connectivity index (χ1n) is 11.7. The predicted molar refractivity (Wildman–Crippen MR) is 136 cm³/mol. The zero-order valence-corrected chi connectivity index (χ0v) is 20.2. The van der Waals surface area contributed by atoms with Gasteiger partial charge in [0.1, 0.15) is 24.2 Å². The van der Waals surface area contributed by atoms with Crippen molar-refractivity contribution in [2.75, 3.05) is 0 Å². The van der Waals surface area contributed by atoms with Crippen LogP contribution in [0.3, 0.4) is 0 Å². The van der Waals surface area contributed by atoms with Crippen molar-refractivity contribution >= 4 is 23.9 Å². The monoisotopic (exact) mass is 488 g/mol. The number of carbonyl (C=O) groups is 3. The Hall–Kier alpha value is -4.26. The Morgan fingerprint density at radius 2 is 1.50 bits per heavy atom. The first kappa shape index (κ1) is 26.3. The van der Waals surface area contributed by atoms with E-state index in [1.54, 1.807) is 36.4 Å². The Morgan fingerprint density at radius 3 is 2.14 bits per heavy atom. The van der Waals surface area contributed by atoms with Crippen LogP contribution < -0.4 is 10.6 Å². The van der Waals surface area contributed by atoms with E-state index in [1.165, 1.54) is 24.3 Å². The maximum absolute atomic E-state index is 14.3. The van der Waals surface area contributed by atoms with Gasteiger partial charge in [-0.15, -0.1) is 0 Å². The third kappa shape index (κ3) is 7.91. The Morgan fingerprint density at radius 1 is 0.889 bits per heavy atom. The summed E-state index contributed by atoms with van der Waals surface area (Å²) >= 11 is 0. The number of esters is 1. The number of ether oxygens (including phenoxy) is 1. The Kier molecular flexibility index (Phi) is 9.51. The molecule has 0 heterocycles. The van der Waals surface area contributed by atoms with Gasteiger partial charge in [0.15, 0.2) is 0 Å². The van der Waals surface area contributed by atoms with Crippen molar-refractivity contribution < 1.29 is 23.5 Å². The van der Waals surface area contributed by atoms with Crippen molar-refractivity contribution in [2.45, 2.75) is 32.9 Å². The van der Waals surface area contributed by atoms with Crippen molar-refractivity contribution in [1.29, 1.82) is 0 Å². The number of benzene rings is 3. The highest BCUT2D eigenvalue weighted by Gasteiger charge is 2.26.